The van der Waals surface area contributed by atoms with Gasteiger partial charge in [0.25, 0.3) is 0 Å². The molecule has 0 unspecified atom stereocenters. The molecule has 17 heavy (non-hydrogen) atoms. The fraction of sp³-hybridized carbons (Fsp3) is 0.800. The van der Waals surface area contributed by atoms with Gasteiger partial charge < -0.3 is 25.6 Å². The molecule has 0 aromatic heterocycles. The van der Waals surface area contributed by atoms with E-state index in [-0.39, 0.29) is 18.4 Å². The SMILES string of the molecule is CC(=O)NC[C@@H](O)[C@@H]1C[C@@H](NC(C)=O)[C@@H](O)O1. The lowest BCUT2D eigenvalue weighted by molar-refractivity contribution is -0.134. The molecule has 0 radical (unpaired) electrons. The average molecular weight is 246 g/mol. The van der Waals surface area contributed by atoms with Crippen molar-refractivity contribution in [3.8, 4) is 0 Å². The smallest absolute Gasteiger partial charge is 0.217 e. The Hall–Kier alpha value is -1.18. The Kier molecular flexibility index (Phi) is 4.86. The zero-order valence-corrected chi connectivity index (χ0v) is 9.84. The third kappa shape index (κ3) is 4.29. The van der Waals surface area contributed by atoms with E-state index in [1.165, 1.54) is 13.8 Å². The van der Waals surface area contributed by atoms with E-state index in [0.717, 1.165) is 0 Å². The van der Waals surface area contributed by atoms with E-state index in [1.54, 1.807) is 0 Å². The lowest BCUT2D eigenvalue weighted by Gasteiger charge is -2.17. The van der Waals surface area contributed by atoms with Crippen LogP contribution in [0.15, 0.2) is 0 Å². The summed E-state index contributed by atoms with van der Waals surface area (Å²) in [6.45, 7) is 2.74. The first-order valence-electron chi connectivity index (χ1n) is 5.43. The number of aliphatic hydroxyl groups excluding tert-OH is 2. The monoisotopic (exact) mass is 246 g/mol. The molecule has 2 amide bonds. The van der Waals surface area contributed by atoms with Crippen molar-refractivity contribution >= 4 is 11.8 Å². The summed E-state index contributed by atoms with van der Waals surface area (Å²) in [6, 6.07) is -0.524. The van der Waals surface area contributed by atoms with Crippen molar-refractivity contribution in [1.29, 1.82) is 0 Å². The Bertz CT molecular complexity index is 296. The molecular weight excluding hydrogens is 228 g/mol. The standard InChI is InChI=1S/C10H18N2O5/c1-5(13)11-4-8(15)9-3-7(10(16)17-9)12-6(2)14/h7-10,15-16H,3-4H2,1-2H3,(H,11,13)(H,12,14)/t7-,8-,9+,10+/m1/s1. The van der Waals surface area contributed by atoms with Gasteiger partial charge in [-0.2, -0.15) is 0 Å². The van der Waals surface area contributed by atoms with E-state index >= 15 is 0 Å². The largest absolute Gasteiger partial charge is 0.389 e. The van der Waals surface area contributed by atoms with Gasteiger partial charge >= 0.3 is 0 Å². The van der Waals surface area contributed by atoms with Crippen molar-refractivity contribution in [2.75, 3.05) is 6.54 Å². The van der Waals surface area contributed by atoms with Gasteiger partial charge in [0.05, 0.1) is 18.2 Å². The maximum Gasteiger partial charge on any atom is 0.217 e. The summed E-state index contributed by atoms with van der Waals surface area (Å²) in [7, 11) is 0. The number of carbonyl (C=O) groups is 2. The minimum atomic E-state index is -1.13. The zero-order chi connectivity index (χ0) is 13.0. The highest BCUT2D eigenvalue weighted by atomic mass is 16.6. The van der Waals surface area contributed by atoms with E-state index in [9.17, 15) is 19.8 Å². The molecular formula is C10H18N2O5. The van der Waals surface area contributed by atoms with Crippen LogP contribution in [0.4, 0.5) is 0 Å². The number of carbonyl (C=O) groups excluding carboxylic acids is 2. The fourth-order valence-electron chi connectivity index (χ4n) is 1.71. The zero-order valence-electron chi connectivity index (χ0n) is 9.84. The molecule has 0 aliphatic carbocycles. The molecule has 0 aromatic carbocycles. The second kappa shape index (κ2) is 5.95. The summed E-state index contributed by atoms with van der Waals surface area (Å²) < 4.78 is 5.11. The Morgan fingerprint density at radius 2 is 2.06 bits per heavy atom. The van der Waals surface area contributed by atoms with Crippen molar-refractivity contribution in [2.24, 2.45) is 0 Å². The van der Waals surface area contributed by atoms with Crippen molar-refractivity contribution in [2.45, 2.75) is 44.8 Å². The molecule has 7 heteroatoms. The Morgan fingerprint density at radius 3 is 2.59 bits per heavy atom. The minimum absolute atomic E-state index is 0.0551. The molecule has 1 heterocycles. The van der Waals surface area contributed by atoms with Crippen LogP contribution >= 0.6 is 0 Å². The molecule has 0 spiro atoms. The van der Waals surface area contributed by atoms with Gasteiger partial charge in [0, 0.05) is 26.8 Å². The van der Waals surface area contributed by atoms with Crippen LogP contribution in [0.1, 0.15) is 20.3 Å². The molecule has 1 fully saturated rings. The van der Waals surface area contributed by atoms with Crippen LogP contribution in [0, 0.1) is 0 Å². The summed E-state index contributed by atoms with van der Waals surface area (Å²) in [6.07, 6.45) is -2.33. The summed E-state index contributed by atoms with van der Waals surface area (Å²) in [4.78, 5) is 21.5. The molecule has 1 aliphatic heterocycles. The first-order valence-corrected chi connectivity index (χ1v) is 5.43. The second-order valence-corrected chi connectivity index (χ2v) is 4.11. The summed E-state index contributed by atoms with van der Waals surface area (Å²) >= 11 is 0. The van der Waals surface area contributed by atoms with Gasteiger partial charge in [-0.1, -0.05) is 0 Å². The number of rotatable bonds is 4. The van der Waals surface area contributed by atoms with E-state index in [1.807, 2.05) is 0 Å². The molecule has 1 saturated heterocycles. The number of amides is 2. The van der Waals surface area contributed by atoms with Gasteiger partial charge in [-0.15, -0.1) is 0 Å². The Morgan fingerprint density at radius 1 is 1.41 bits per heavy atom. The maximum absolute atomic E-state index is 10.8. The number of ether oxygens (including phenoxy) is 1. The van der Waals surface area contributed by atoms with Crippen LogP contribution < -0.4 is 10.6 Å². The molecule has 0 aromatic rings. The van der Waals surface area contributed by atoms with Crippen molar-refractivity contribution in [3.05, 3.63) is 0 Å². The minimum Gasteiger partial charge on any atom is -0.389 e. The van der Waals surface area contributed by atoms with Crippen LogP contribution in [0.2, 0.25) is 0 Å². The number of aliphatic hydroxyl groups is 2. The topological polar surface area (TPSA) is 108 Å². The summed E-state index contributed by atoms with van der Waals surface area (Å²) in [5, 5.41) is 24.2. The average Bonchev–Trinajstić information content (AvgIpc) is 2.56. The third-order valence-electron chi connectivity index (χ3n) is 2.52. The van der Waals surface area contributed by atoms with Gasteiger partial charge in [-0.05, 0) is 0 Å². The van der Waals surface area contributed by atoms with Gasteiger partial charge in [0.1, 0.15) is 0 Å². The molecule has 7 nitrogen and oxygen atoms in total. The highest BCUT2D eigenvalue weighted by Gasteiger charge is 2.38. The lowest BCUT2D eigenvalue weighted by Crippen LogP contribution is -2.39. The van der Waals surface area contributed by atoms with Gasteiger partial charge in [-0.25, -0.2) is 0 Å². The first kappa shape index (κ1) is 13.9. The maximum atomic E-state index is 10.8. The molecule has 98 valence electrons. The normalized spacial score (nSPS) is 29.8. The van der Waals surface area contributed by atoms with Gasteiger partial charge in [0.15, 0.2) is 6.29 Å². The van der Waals surface area contributed by atoms with Crippen LogP contribution in [0.5, 0.6) is 0 Å². The molecule has 1 aliphatic rings. The third-order valence-corrected chi connectivity index (χ3v) is 2.52. The molecule has 1 rings (SSSR count). The van der Waals surface area contributed by atoms with Crippen LogP contribution in [0.3, 0.4) is 0 Å². The molecule has 0 bridgehead atoms. The predicted octanol–water partition coefficient (Wildman–Crippen LogP) is -1.90. The summed E-state index contributed by atoms with van der Waals surface area (Å²) in [5.41, 5.74) is 0. The predicted molar refractivity (Wildman–Crippen MR) is 57.8 cm³/mol. The highest BCUT2D eigenvalue weighted by Crippen LogP contribution is 2.21. The van der Waals surface area contributed by atoms with Gasteiger partial charge in [0.2, 0.25) is 11.8 Å². The van der Waals surface area contributed by atoms with Crippen LogP contribution in [0.25, 0.3) is 0 Å². The lowest BCUT2D eigenvalue weighted by atomic mass is 10.1. The number of nitrogens with one attached hydrogen (secondary N) is 2. The Balaban J connectivity index is 2.41. The van der Waals surface area contributed by atoms with Crippen molar-refractivity contribution in [3.63, 3.8) is 0 Å². The molecule has 0 saturated carbocycles. The molecule has 4 N–H and O–H groups in total. The summed E-state index contributed by atoms with van der Waals surface area (Å²) in [5.74, 6) is -0.518. The number of hydrogen-bond acceptors (Lipinski definition) is 5. The van der Waals surface area contributed by atoms with Gasteiger partial charge in [-0.3, -0.25) is 9.59 Å². The van der Waals surface area contributed by atoms with E-state index in [0.29, 0.717) is 6.42 Å². The van der Waals surface area contributed by atoms with E-state index in [4.69, 9.17) is 4.74 Å². The number of hydrogen-bond donors (Lipinski definition) is 4. The van der Waals surface area contributed by atoms with E-state index in [2.05, 4.69) is 10.6 Å². The highest BCUT2D eigenvalue weighted by molar-refractivity contribution is 5.73. The van der Waals surface area contributed by atoms with Crippen LogP contribution in [-0.4, -0.2) is 53.1 Å². The van der Waals surface area contributed by atoms with E-state index < -0.39 is 24.5 Å². The first-order chi connectivity index (χ1) is 7.90. The second-order valence-electron chi connectivity index (χ2n) is 4.11. The van der Waals surface area contributed by atoms with Crippen molar-refractivity contribution in [1.82, 2.24) is 10.6 Å². The van der Waals surface area contributed by atoms with Crippen molar-refractivity contribution < 1.29 is 24.5 Å². The fourth-order valence-corrected chi connectivity index (χ4v) is 1.71. The quantitative estimate of drug-likeness (QED) is 0.463. The van der Waals surface area contributed by atoms with Crippen LogP contribution in [-0.2, 0) is 14.3 Å². The Labute approximate surface area is 99.1 Å². The molecule has 4 atom stereocenters.